The van der Waals surface area contributed by atoms with E-state index in [4.69, 9.17) is 14.9 Å². The Balaban J connectivity index is 2.33. The summed E-state index contributed by atoms with van der Waals surface area (Å²) in [5.41, 5.74) is 2.50. The molecule has 1 heterocycles. The lowest BCUT2D eigenvalue weighted by molar-refractivity contribution is 0.533. The molecule has 0 radical (unpaired) electrons. The Labute approximate surface area is 116 Å². The van der Waals surface area contributed by atoms with Gasteiger partial charge in [-0.25, -0.2) is 0 Å². The molecule has 0 bridgehead atoms. The van der Waals surface area contributed by atoms with Crippen LogP contribution in [0.25, 0.3) is 11.5 Å². The van der Waals surface area contributed by atoms with Gasteiger partial charge < -0.3 is 9.73 Å². The SMILES string of the molecule is Cc1nnc(-c2ccc(C)c(NC=C(C#N)C#N)c2)o1. The van der Waals surface area contributed by atoms with Gasteiger partial charge in [0.1, 0.15) is 17.7 Å². The molecule has 0 saturated heterocycles. The minimum Gasteiger partial charge on any atom is -0.421 e. The first-order valence-electron chi connectivity index (χ1n) is 5.82. The van der Waals surface area contributed by atoms with Gasteiger partial charge in [0.2, 0.25) is 11.8 Å². The first kappa shape index (κ1) is 13.3. The highest BCUT2D eigenvalue weighted by Gasteiger charge is 2.08. The zero-order valence-corrected chi connectivity index (χ0v) is 11.0. The summed E-state index contributed by atoms with van der Waals surface area (Å²) in [6, 6.07) is 9.16. The Hall–Kier alpha value is -3.12. The fraction of sp³-hybridized carbons (Fsp3) is 0.143. The highest BCUT2D eigenvalue weighted by Crippen LogP contribution is 2.24. The van der Waals surface area contributed by atoms with Gasteiger partial charge in [0.15, 0.2) is 0 Å². The molecule has 2 rings (SSSR count). The van der Waals surface area contributed by atoms with Crippen molar-refractivity contribution in [3.8, 4) is 23.6 Å². The van der Waals surface area contributed by atoms with Crippen molar-refractivity contribution in [3.63, 3.8) is 0 Å². The number of allylic oxidation sites excluding steroid dienone is 1. The maximum atomic E-state index is 8.69. The van der Waals surface area contributed by atoms with Crippen molar-refractivity contribution in [2.75, 3.05) is 5.32 Å². The Bertz CT molecular complexity index is 730. The van der Waals surface area contributed by atoms with Gasteiger partial charge in [-0.2, -0.15) is 10.5 Å². The molecule has 0 amide bonds. The zero-order chi connectivity index (χ0) is 14.5. The number of rotatable bonds is 3. The standard InChI is InChI=1S/C14H11N5O/c1-9-3-4-12(14-19-18-10(2)20-14)5-13(9)17-8-11(6-15)7-16/h3-5,8,17H,1-2H3. The molecule has 0 spiro atoms. The van der Waals surface area contributed by atoms with Crippen LogP contribution in [0, 0.1) is 36.5 Å². The van der Waals surface area contributed by atoms with Gasteiger partial charge in [-0.1, -0.05) is 6.07 Å². The van der Waals surface area contributed by atoms with E-state index >= 15 is 0 Å². The molecule has 20 heavy (non-hydrogen) atoms. The molecule has 1 aromatic heterocycles. The van der Waals surface area contributed by atoms with Crippen LogP contribution < -0.4 is 5.32 Å². The van der Waals surface area contributed by atoms with E-state index in [1.165, 1.54) is 6.20 Å². The number of nitrogens with zero attached hydrogens (tertiary/aromatic N) is 4. The van der Waals surface area contributed by atoms with Crippen LogP contribution in [0.2, 0.25) is 0 Å². The lowest BCUT2D eigenvalue weighted by Crippen LogP contribution is -1.93. The highest BCUT2D eigenvalue weighted by atomic mass is 16.4. The van der Waals surface area contributed by atoms with E-state index in [1.807, 2.05) is 25.1 Å². The van der Waals surface area contributed by atoms with Gasteiger partial charge in [0, 0.05) is 24.4 Å². The van der Waals surface area contributed by atoms with Crippen LogP contribution >= 0.6 is 0 Å². The molecule has 0 saturated carbocycles. The predicted octanol–water partition coefficient (Wildman–Crippen LogP) is 2.70. The van der Waals surface area contributed by atoms with E-state index in [0.717, 1.165) is 16.8 Å². The molecule has 0 aliphatic rings. The van der Waals surface area contributed by atoms with E-state index in [9.17, 15) is 0 Å². The molecule has 0 atom stereocenters. The van der Waals surface area contributed by atoms with E-state index in [1.54, 1.807) is 19.1 Å². The molecule has 6 heteroatoms. The Morgan fingerprint density at radius 3 is 2.60 bits per heavy atom. The van der Waals surface area contributed by atoms with E-state index in [0.29, 0.717) is 11.8 Å². The van der Waals surface area contributed by atoms with E-state index < -0.39 is 0 Å². The van der Waals surface area contributed by atoms with Crippen LogP contribution in [0.4, 0.5) is 5.69 Å². The summed E-state index contributed by atoms with van der Waals surface area (Å²) in [5, 5.41) is 28.1. The third-order valence-electron chi connectivity index (χ3n) is 2.62. The number of nitriles is 2. The van der Waals surface area contributed by atoms with Crippen molar-refractivity contribution in [1.82, 2.24) is 10.2 Å². The van der Waals surface area contributed by atoms with Gasteiger partial charge in [0.05, 0.1) is 0 Å². The number of benzene rings is 1. The molecule has 0 unspecified atom stereocenters. The number of aromatic nitrogens is 2. The van der Waals surface area contributed by atoms with E-state index in [-0.39, 0.29) is 5.57 Å². The van der Waals surface area contributed by atoms with Crippen LogP contribution in [0.3, 0.4) is 0 Å². The number of hydrogen-bond donors (Lipinski definition) is 1. The average Bonchev–Trinajstić information content (AvgIpc) is 2.88. The lowest BCUT2D eigenvalue weighted by Gasteiger charge is -2.06. The van der Waals surface area contributed by atoms with Crippen LogP contribution in [0.5, 0.6) is 0 Å². The Morgan fingerprint density at radius 1 is 1.25 bits per heavy atom. The molecular weight excluding hydrogens is 254 g/mol. The molecule has 1 N–H and O–H groups in total. The normalized spacial score (nSPS) is 9.40. The van der Waals surface area contributed by atoms with Crippen molar-refractivity contribution in [3.05, 3.63) is 41.4 Å². The zero-order valence-electron chi connectivity index (χ0n) is 11.0. The quantitative estimate of drug-likeness (QED) is 0.856. The molecule has 6 nitrogen and oxygen atoms in total. The minimum atomic E-state index is 0.00318. The van der Waals surface area contributed by atoms with Crippen LogP contribution in [-0.4, -0.2) is 10.2 Å². The third kappa shape index (κ3) is 2.82. The lowest BCUT2D eigenvalue weighted by atomic mass is 10.1. The summed E-state index contributed by atoms with van der Waals surface area (Å²) in [6.45, 7) is 3.64. The Morgan fingerprint density at radius 2 is 2.00 bits per heavy atom. The maximum Gasteiger partial charge on any atom is 0.247 e. The van der Waals surface area contributed by atoms with Crippen LogP contribution in [0.15, 0.2) is 34.4 Å². The van der Waals surface area contributed by atoms with Gasteiger partial charge >= 0.3 is 0 Å². The minimum absolute atomic E-state index is 0.00318. The average molecular weight is 265 g/mol. The smallest absolute Gasteiger partial charge is 0.247 e. The summed E-state index contributed by atoms with van der Waals surface area (Å²) in [4.78, 5) is 0. The molecule has 0 aliphatic heterocycles. The first-order chi connectivity index (χ1) is 9.63. The fourth-order valence-corrected chi connectivity index (χ4v) is 1.56. The second-order valence-electron chi connectivity index (χ2n) is 4.08. The monoisotopic (exact) mass is 265 g/mol. The molecule has 1 aromatic carbocycles. The van der Waals surface area contributed by atoms with Crippen molar-refractivity contribution < 1.29 is 4.42 Å². The van der Waals surface area contributed by atoms with Crippen molar-refractivity contribution in [1.29, 1.82) is 10.5 Å². The number of aryl methyl sites for hydroxylation is 2. The number of anilines is 1. The second kappa shape index (κ2) is 5.68. The molecule has 98 valence electrons. The number of nitrogens with one attached hydrogen (secondary N) is 1. The summed E-state index contributed by atoms with van der Waals surface area (Å²) >= 11 is 0. The first-order valence-corrected chi connectivity index (χ1v) is 5.82. The van der Waals surface area contributed by atoms with Crippen molar-refractivity contribution >= 4 is 5.69 Å². The number of hydrogen-bond acceptors (Lipinski definition) is 6. The molecule has 2 aromatic rings. The van der Waals surface area contributed by atoms with Crippen molar-refractivity contribution in [2.24, 2.45) is 0 Å². The highest BCUT2D eigenvalue weighted by molar-refractivity contribution is 5.65. The van der Waals surface area contributed by atoms with Gasteiger partial charge in [0.25, 0.3) is 0 Å². The second-order valence-corrected chi connectivity index (χ2v) is 4.08. The summed E-state index contributed by atoms with van der Waals surface area (Å²) in [7, 11) is 0. The predicted molar refractivity (Wildman–Crippen MR) is 72.1 cm³/mol. The van der Waals surface area contributed by atoms with E-state index in [2.05, 4.69) is 15.5 Å². The Kier molecular flexibility index (Phi) is 3.78. The molecule has 0 fully saturated rings. The topological polar surface area (TPSA) is 98.5 Å². The summed E-state index contributed by atoms with van der Waals surface area (Å²) < 4.78 is 5.36. The summed E-state index contributed by atoms with van der Waals surface area (Å²) in [6.07, 6.45) is 1.37. The fourth-order valence-electron chi connectivity index (χ4n) is 1.56. The largest absolute Gasteiger partial charge is 0.421 e. The van der Waals surface area contributed by atoms with Gasteiger partial charge in [-0.15, -0.1) is 10.2 Å². The third-order valence-corrected chi connectivity index (χ3v) is 2.62. The van der Waals surface area contributed by atoms with Crippen molar-refractivity contribution in [2.45, 2.75) is 13.8 Å². The van der Waals surface area contributed by atoms with Crippen LogP contribution in [-0.2, 0) is 0 Å². The van der Waals surface area contributed by atoms with Gasteiger partial charge in [-0.3, -0.25) is 0 Å². The summed E-state index contributed by atoms with van der Waals surface area (Å²) in [5.74, 6) is 0.918. The molecule has 0 aliphatic carbocycles. The molecular formula is C14H11N5O. The van der Waals surface area contributed by atoms with Crippen LogP contribution in [0.1, 0.15) is 11.5 Å². The van der Waals surface area contributed by atoms with Gasteiger partial charge in [-0.05, 0) is 24.6 Å². The maximum absolute atomic E-state index is 8.69.